The van der Waals surface area contributed by atoms with Gasteiger partial charge >= 0.3 is 0 Å². The second-order valence-corrected chi connectivity index (χ2v) is 5.02. The van der Waals surface area contributed by atoms with E-state index in [9.17, 15) is 4.79 Å². The lowest BCUT2D eigenvalue weighted by molar-refractivity contribution is -0.118. The Bertz CT molecular complexity index is 525. The zero-order valence-electron chi connectivity index (χ0n) is 9.97. The Morgan fingerprint density at radius 2 is 2.00 bits per heavy atom. The maximum Gasteiger partial charge on any atom is 0.137 e. The summed E-state index contributed by atoms with van der Waals surface area (Å²) < 4.78 is 1.000. The van der Waals surface area contributed by atoms with Gasteiger partial charge in [0.2, 0.25) is 0 Å². The summed E-state index contributed by atoms with van der Waals surface area (Å²) in [5, 5.41) is 0. The lowest BCUT2D eigenvalue weighted by Gasteiger charge is -2.04. The summed E-state index contributed by atoms with van der Waals surface area (Å²) in [6, 6.07) is 11.7. The predicted molar refractivity (Wildman–Crippen MR) is 75.4 cm³/mol. The highest BCUT2D eigenvalue weighted by Gasteiger charge is 2.06. The van der Waals surface area contributed by atoms with Crippen molar-refractivity contribution in [1.29, 1.82) is 0 Å². The molecule has 0 saturated carbocycles. The van der Waals surface area contributed by atoms with Crippen LogP contribution in [0, 0.1) is 0 Å². The molecular weight excluding hydrogens is 290 g/mol. The number of carbonyl (C=O) groups is 1. The van der Waals surface area contributed by atoms with Crippen LogP contribution in [0.4, 0.5) is 0 Å². The van der Waals surface area contributed by atoms with E-state index in [0.717, 1.165) is 22.0 Å². The number of hydrogen-bond donors (Lipinski definition) is 0. The number of aromatic nitrogens is 1. The quantitative estimate of drug-likeness (QED) is 0.845. The van der Waals surface area contributed by atoms with Crippen LogP contribution in [0.15, 0.2) is 53.3 Å². The molecule has 0 amide bonds. The predicted octanol–water partition coefficient (Wildman–Crippen LogP) is 3.59. The fourth-order valence-corrected chi connectivity index (χ4v) is 2.20. The van der Waals surface area contributed by atoms with Crippen molar-refractivity contribution in [2.75, 3.05) is 0 Å². The maximum atomic E-state index is 11.9. The molecule has 1 aromatic heterocycles. The van der Waals surface area contributed by atoms with E-state index < -0.39 is 0 Å². The summed E-state index contributed by atoms with van der Waals surface area (Å²) in [4.78, 5) is 15.9. The number of rotatable bonds is 5. The minimum Gasteiger partial charge on any atom is -0.299 e. The van der Waals surface area contributed by atoms with Crippen molar-refractivity contribution in [3.8, 4) is 0 Å². The molecule has 18 heavy (non-hydrogen) atoms. The van der Waals surface area contributed by atoms with Gasteiger partial charge in [-0.3, -0.25) is 9.78 Å². The highest BCUT2D eigenvalue weighted by molar-refractivity contribution is 9.10. The molecule has 0 bridgehead atoms. The normalized spacial score (nSPS) is 10.3. The largest absolute Gasteiger partial charge is 0.299 e. The average molecular weight is 304 g/mol. The first-order chi connectivity index (χ1) is 8.75. The van der Waals surface area contributed by atoms with E-state index in [2.05, 4.69) is 20.9 Å². The van der Waals surface area contributed by atoms with Crippen molar-refractivity contribution in [3.05, 3.63) is 64.4 Å². The molecule has 0 radical (unpaired) electrons. The maximum absolute atomic E-state index is 11.9. The first-order valence-corrected chi connectivity index (χ1v) is 6.69. The van der Waals surface area contributed by atoms with Gasteiger partial charge in [-0.25, -0.2) is 0 Å². The summed E-state index contributed by atoms with van der Waals surface area (Å²) in [6.07, 6.45) is 5.37. The van der Waals surface area contributed by atoms with E-state index in [0.29, 0.717) is 12.8 Å². The Hall–Kier alpha value is -1.48. The molecule has 2 nitrogen and oxygen atoms in total. The SMILES string of the molecule is O=C(CCc1cccnc1)Cc1ccccc1Br. The number of benzene rings is 1. The molecule has 0 aliphatic carbocycles. The average Bonchev–Trinajstić information content (AvgIpc) is 2.40. The Morgan fingerprint density at radius 3 is 2.72 bits per heavy atom. The van der Waals surface area contributed by atoms with Crippen LogP contribution >= 0.6 is 15.9 Å². The molecule has 0 aliphatic rings. The van der Waals surface area contributed by atoms with Crippen LogP contribution in [0.1, 0.15) is 17.5 Å². The molecule has 0 N–H and O–H groups in total. The summed E-state index contributed by atoms with van der Waals surface area (Å²) in [5.74, 6) is 0.255. The number of nitrogens with zero attached hydrogens (tertiary/aromatic N) is 1. The molecular formula is C15H14BrNO. The first kappa shape index (κ1) is 13.0. The summed E-state index contributed by atoms with van der Waals surface area (Å²) in [7, 11) is 0. The Labute approximate surface area is 115 Å². The van der Waals surface area contributed by atoms with Crippen molar-refractivity contribution in [1.82, 2.24) is 4.98 Å². The second-order valence-electron chi connectivity index (χ2n) is 4.17. The van der Waals surface area contributed by atoms with Crippen molar-refractivity contribution in [2.24, 2.45) is 0 Å². The molecule has 1 heterocycles. The molecule has 0 aliphatic heterocycles. The Morgan fingerprint density at radius 1 is 1.17 bits per heavy atom. The lowest BCUT2D eigenvalue weighted by Crippen LogP contribution is -2.05. The van der Waals surface area contributed by atoms with Crippen molar-refractivity contribution in [3.63, 3.8) is 0 Å². The van der Waals surface area contributed by atoms with E-state index in [4.69, 9.17) is 0 Å². The van der Waals surface area contributed by atoms with Gasteiger partial charge in [0.25, 0.3) is 0 Å². The van der Waals surface area contributed by atoms with Gasteiger partial charge < -0.3 is 0 Å². The molecule has 92 valence electrons. The van der Waals surface area contributed by atoms with Gasteiger partial charge in [-0.05, 0) is 29.7 Å². The molecule has 2 rings (SSSR count). The fourth-order valence-electron chi connectivity index (χ4n) is 1.77. The number of ketones is 1. The third-order valence-electron chi connectivity index (χ3n) is 2.76. The minimum absolute atomic E-state index is 0.255. The van der Waals surface area contributed by atoms with Gasteiger partial charge in [0.1, 0.15) is 5.78 Å². The van der Waals surface area contributed by atoms with E-state index in [1.807, 2.05) is 42.6 Å². The standard InChI is InChI=1S/C15H14BrNO/c16-15-6-2-1-5-13(15)10-14(18)8-7-12-4-3-9-17-11-12/h1-6,9,11H,7-8,10H2. The Balaban J connectivity index is 1.88. The number of pyridine rings is 1. The van der Waals surface area contributed by atoms with Gasteiger partial charge in [0.15, 0.2) is 0 Å². The number of carbonyl (C=O) groups excluding carboxylic acids is 1. The van der Waals surface area contributed by atoms with Crippen LogP contribution in [-0.2, 0) is 17.6 Å². The van der Waals surface area contributed by atoms with Gasteiger partial charge in [-0.1, -0.05) is 40.2 Å². The van der Waals surface area contributed by atoms with Gasteiger partial charge in [-0.2, -0.15) is 0 Å². The van der Waals surface area contributed by atoms with Crippen molar-refractivity contribution < 1.29 is 4.79 Å². The zero-order chi connectivity index (χ0) is 12.8. The minimum atomic E-state index is 0.255. The smallest absolute Gasteiger partial charge is 0.137 e. The van der Waals surface area contributed by atoms with Crippen LogP contribution in [0.5, 0.6) is 0 Å². The molecule has 0 atom stereocenters. The molecule has 0 spiro atoms. The topological polar surface area (TPSA) is 30.0 Å². The third-order valence-corrected chi connectivity index (χ3v) is 3.53. The molecule has 0 saturated heterocycles. The number of aryl methyl sites for hydroxylation is 1. The second kappa shape index (κ2) is 6.45. The number of halogens is 1. The van der Waals surface area contributed by atoms with Crippen LogP contribution in [0.25, 0.3) is 0 Å². The molecule has 2 aromatic rings. The fraction of sp³-hybridized carbons (Fsp3) is 0.200. The van der Waals surface area contributed by atoms with Gasteiger partial charge in [0, 0.05) is 29.7 Å². The monoisotopic (exact) mass is 303 g/mol. The molecule has 3 heteroatoms. The van der Waals surface area contributed by atoms with E-state index in [1.165, 1.54) is 0 Å². The zero-order valence-corrected chi connectivity index (χ0v) is 11.6. The molecule has 0 unspecified atom stereocenters. The number of Topliss-reactive ketones (excluding diaryl/α,β-unsaturated/α-hetero) is 1. The van der Waals surface area contributed by atoms with E-state index >= 15 is 0 Å². The van der Waals surface area contributed by atoms with Crippen LogP contribution in [0.2, 0.25) is 0 Å². The third kappa shape index (κ3) is 3.77. The highest BCUT2D eigenvalue weighted by atomic mass is 79.9. The van der Waals surface area contributed by atoms with E-state index in [-0.39, 0.29) is 5.78 Å². The van der Waals surface area contributed by atoms with Crippen molar-refractivity contribution in [2.45, 2.75) is 19.3 Å². The Kier molecular flexibility index (Phi) is 4.65. The van der Waals surface area contributed by atoms with Gasteiger partial charge in [-0.15, -0.1) is 0 Å². The van der Waals surface area contributed by atoms with Crippen LogP contribution in [-0.4, -0.2) is 10.8 Å². The number of hydrogen-bond acceptors (Lipinski definition) is 2. The summed E-state index contributed by atoms with van der Waals surface area (Å²) in [5.41, 5.74) is 2.16. The molecule has 1 aromatic carbocycles. The molecule has 0 fully saturated rings. The summed E-state index contributed by atoms with van der Waals surface area (Å²) in [6.45, 7) is 0. The van der Waals surface area contributed by atoms with Gasteiger partial charge in [0.05, 0.1) is 0 Å². The van der Waals surface area contributed by atoms with Crippen molar-refractivity contribution >= 4 is 21.7 Å². The summed E-state index contributed by atoms with van der Waals surface area (Å²) >= 11 is 3.46. The van der Waals surface area contributed by atoms with Crippen LogP contribution in [0.3, 0.4) is 0 Å². The van der Waals surface area contributed by atoms with E-state index in [1.54, 1.807) is 6.20 Å². The highest BCUT2D eigenvalue weighted by Crippen LogP contribution is 2.17. The first-order valence-electron chi connectivity index (χ1n) is 5.90. The lowest BCUT2D eigenvalue weighted by atomic mass is 10.0. The van der Waals surface area contributed by atoms with Crippen LogP contribution < -0.4 is 0 Å².